The third kappa shape index (κ3) is 5.31. The summed E-state index contributed by atoms with van der Waals surface area (Å²) in [7, 11) is -3.23. The molecule has 22 heavy (non-hydrogen) atoms. The van der Waals surface area contributed by atoms with Crippen LogP contribution in [0.2, 0.25) is 0 Å². The Morgan fingerprint density at radius 2 is 2.00 bits per heavy atom. The summed E-state index contributed by atoms with van der Waals surface area (Å²) in [6.45, 7) is 1.60. The summed E-state index contributed by atoms with van der Waals surface area (Å²) in [6, 6.07) is 8.91. The molecule has 1 amide bonds. The zero-order valence-corrected chi connectivity index (χ0v) is 13.4. The van der Waals surface area contributed by atoms with Gasteiger partial charge in [-0.2, -0.15) is 0 Å². The molecule has 1 aliphatic rings. The van der Waals surface area contributed by atoms with E-state index < -0.39 is 16.1 Å². The molecule has 1 aromatic rings. The first-order chi connectivity index (χ1) is 10.5. The summed E-state index contributed by atoms with van der Waals surface area (Å²) in [5.74, 6) is 0.0590. The van der Waals surface area contributed by atoms with E-state index in [4.69, 9.17) is 4.74 Å². The number of nitrogens with one attached hydrogen (secondary N) is 2. The van der Waals surface area contributed by atoms with Crippen molar-refractivity contribution in [3.63, 3.8) is 0 Å². The van der Waals surface area contributed by atoms with Gasteiger partial charge < -0.3 is 4.74 Å². The molecule has 2 rings (SSSR count). The topological polar surface area (TPSA) is 84.5 Å². The number of anilines is 1. The van der Waals surface area contributed by atoms with Crippen LogP contribution in [0.1, 0.15) is 32.6 Å². The van der Waals surface area contributed by atoms with Crippen LogP contribution >= 0.6 is 0 Å². The van der Waals surface area contributed by atoms with Crippen LogP contribution in [0, 0.1) is 0 Å². The quantitative estimate of drug-likeness (QED) is 0.870. The number of hydrogen-bond acceptors (Lipinski definition) is 4. The Kier molecular flexibility index (Phi) is 5.79. The molecule has 1 aliphatic carbocycles. The van der Waals surface area contributed by atoms with E-state index in [1.807, 2.05) is 18.2 Å². The van der Waals surface area contributed by atoms with Gasteiger partial charge >= 0.3 is 6.09 Å². The van der Waals surface area contributed by atoms with E-state index in [9.17, 15) is 13.2 Å². The molecule has 0 unspecified atom stereocenters. The van der Waals surface area contributed by atoms with E-state index in [0.717, 1.165) is 19.3 Å². The second-order valence-corrected chi connectivity index (χ2v) is 7.45. The minimum atomic E-state index is -3.23. The first-order valence-corrected chi connectivity index (χ1v) is 9.16. The minimum Gasteiger partial charge on any atom is -0.446 e. The van der Waals surface area contributed by atoms with Crippen molar-refractivity contribution >= 4 is 21.8 Å². The molecule has 1 saturated carbocycles. The highest BCUT2D eigenvalue weighted by Gasteiger charge is 2.27. The largest absolute Gasteiger partial charge is 0.446 e. The fourth-order valence-electron chi connectivity index (χ4n) is 2.52. The standard InChI is InChI=1S/C15H22N2O4S/c1-2-22(19,20)17-13-9-6-10-14(11-13)21-15(18)16-12-7-4-3-5-8-12/h3-5,7-8,13-14,17H,2,6,9-11H2,1H3,(H,16,18)/t13-,14-/m1/s1. The summed E-state index contributed by atoms with van der Waals surface area (Å²) in [6.07, 6.45) is 2.12. The monoisotopic (exact) mass is 326 g/mol. The lowest BCUT2D eigenvalue weighted by atomic mass is 9.94. The lowest BCUT2D eigenvalue weighted by Gasteiger charge is -2.29. The Morgan fingerprint density at radius 3 is 2.68 bits per heavy atom. The highest BCUT2D eigenvalue weighted by molar-refractivity contribution is 7.89. The number of carbonyl (C=O) groups is 1. The number of benzene rings is 1. The highest BCUT2D eigenvalue weighted by Crippen LogP contribution is 2.22. The van der Waals surface area contributed by atoms with Gasteiger partial charge in [-0.05, 0) is 38.3 Å². The average molecular weight is 326 g/mol. The number of sulfonamides is 1. The Labute approximate surface area is 131 Å². The molecule has 0 aliphatic heterocycles. The molecule has 2 N–H and O–H groups in total. The fraction of sp³-hybridized carbons (Fsp3) is 0.533. The maximum absolute atomic E-state index is 11.9. The van der Waals surface area contributed by atoms with Crippen molar-refractivity contribution in [2.24, 2.45) is 0 Å². The van der Waals surface area contributed by atoms with Crippen LogP contribution in [0.5, 0.6) is 0 Å². The van der Waals surface area contributed by atoms with Crippen molar-refractivity contribution in [1.29, 1.82) is 0 Å². The van der Waals surface area contributed by atoms with Gasteiger partial charge in [-0.25, -0.2) is 17.9 Å². The van der Waals surface area contributed by atoms with Crippen molar-refractivity contribution in [2.45, 2.75) is 44.8 Å². The second kappa shape index (κ2) is 7.60. The van der Waals surface area contributed by atoms with Gasteiger partial charge in [0.2, 0.25) is 10.0 Å². The number of para-hydroxylation sites is 1. The van der Waals surface area contributed by atoms with Gasteiger partial charge in [0.15, 0.2) is 0 Å². The van der Waals surface area contributed by atoms with Gasteiger partial charge in [0.25, 0.3) is 0 Å². The molecule has 0 aromatic heterocycles. The smallest absolute Gasteiger partial charge is 0.411 e. The van der Waals surface area contributed by atoms with E-state index in [1.165, 1.54) is 0 Å². The van der Waals surface area contributed by atoms with E-state index in [1.54, 1.807) is 19.1 Å². The van der Waals surface area contributed by atoms with E-state index >= 15 is 0 Å². The molecule has 2 atom stereocenters. The number of hydrogen-bond donors (Lipinski definition) is 2. The van der Waals surface area contributed by atoms with Crippen LogP contribution < -0.4 is 10.0 Å². The van der Waals surface area contributed by atoms with Crippen molar-refractivity contribution in [3.05, 3.63) is 30.3 Å². The van der Waals surface area contributed by atoms with Crippen molar-refractivity contribution in [2.75, 3.05) is 11.1 Å². The molecule has 0 spiro atoms. The summed E-state index contributed by atoms with van der Waals surface area (Å²) >= 11 is 0. The molecular formula is C15H22N2O4S. The maximum atomic E-state index is 11.9. The van der Waals surface area contributed by atoms with E-state index in [-0.39, 0.29) is 17.9 Å². The van der Waals surface area contributed by atoms with Crippen LogP contribution in [-0.2, 0) is 14.8 Å². The highest BCUT2D eigenvalue weighted by atomic mass is 32.2. The number of amides is 1. The second-order valence-electron chi connectivity index (χ2n) is 5.40. The third-order valence-corrected chi connectivity index (χ3v) is 5.10. The first-order valence-electron chi connectivity index (χ1n) is 7.51. The van der Waals surface area contributed by atoms with Crippen LogP contribution in [0.3, 0.4) is 0 Å². The summed E-state index contributed by atoms with van der Waals surface area (Å²) in [5, 5.41) is 2.66. The molecular weight excluding hydrogens is 304 g/mol. The van der Waals surface area contributed by atoms with Crippen LogP contribution in [-0.4, -0.2) is 32.4 Å². The predicted molar refractivity (Wildman–Crippen MR) is 85.2 cm³/mol. The van der Waals surface area contributed by atoms with Crippen LogP contribution in [0.15, 0.2) is 30.3 Å². The fourth-order valence-corrected chi connectivity index (χ4v) is 3.41. The molecule has 6 nitrogen and oxygen atoms in total. The SMILES string of the molecule is CCS(=O)(=O)N[C@@H]1CCC[C@@H](OC(=O)Nc2ccccc2)C1. The lowest BCUT2D eigenvalue weighted by molar-refractivity contribution is 0.0793. The van der Waals surface area contributed by atoms with Crippen molar-refractivity contribution in [1.82, 2.24) is 4.72 Å². The minimum absolute atomic E-state index is 0.0590. The molecule has 1 fully saturated rings. The van der Waals surface area contributed by atoms with Crippen molar-refractivity contribution < 1.29 is 17.9 Å². The Bertz CT molecular complexity index is 589. The molecule has 7 heteroatoms. The van der Waals surface area contributed by atoms with Gasteiger partial charge in [-0.15, -0.1) is 0 Å². The number of carbonyl (C=O) groups excluding carboxylic acids is 1. The Hall–Kier alpha value is -1.60. The molecule has 0 saturated heterocycles. The molecule has 0 bridgehead atoms. The zero-order valence-electron chi connectivity index (χ0n) is 12.6. The van der Waals surface area contributed by atoms with Crippen molar-refractivity contribution in [3.8, 4) is 0 Å². The molecule has 1 aromatic carbocycles. The van der Waals surface area contributed by atoms with Gasteiger partial charge in [0, 0.05) is 18.2 Å². The average Bonchev–Trinajstić information content (AvgIpc) is 2.48. The summed E-state index contributed by atoms with van der Waals surface area (Å²) < 4.78 is 31.3. The van der Waals surface area contributed by atoms with E-state index in [0.29, 0.717) is 12.1 Å². The molecule has 0 heterocycles. The Balaban J connectivity index is 1.83. The number of rotatable bonds is 5. The Morgan fingerprint density at radius 1 is 1.27 bits per heavy atom. The molecule has 122 valence electrons. The van der Waals surface area contributed by atoms with Gasteiger partial charge in [-0.1, -0.05) is 18.2 Å². The van der Waals surface area contributed by atoms with Gasteiger partial charge in [-0.3, -0.25) is 5.32 Å². The lowest BCUT2D eigenvalue weighted by Crippen LogP contribution is -2.41. The van der Waals surface area contributed by atoms with Crippen LogP contribution in [0.4, 0.5) is 10.5 Å². The summed E-state index contributed by atoms with van der Waals surface area (Å²) in [5.41, 5.74) is 0.673. The maximum Gasteiger partial charge on any atom is 0.411 e. The zero-order chi connectivity index (χ0) is 16.0. The van der Waals surface area contributed by atoms with E-state index in [2.05, 4.69) is 10.0 Å². The van der Waals surface area contributed by atoms with Gasteiger partial charge in [0.1, 0.15) is 6.10 Å². The summed E-state index contributed by atoms with van der Waals surface area (Å²) in [4.78, 5) is 11.9. The third-order valence-electron chi connectivity index (χ3n) is 3.65. The van der Waals surface area contributed by atoms with Crippen LogP contribution in [0.25, 0.3) is 0 Å². The van der Waals surface area contributed by atoms with Gasteiger partial charge in [0.05, 0.1) is 5.75 Å². The molecule has 0 radical (unpaired) electrons. The first kappa shape index (κ1) is 16.8. The normalized spacial score (nSPS) is 22.0. The predicted octanol–water partition coefficient (Wildman–Crippen LogP) is 2.49. The number of ether oxygens (including phenoxy) is 1.